The highest BCUT2D eigenvalue weighted by Crippen LogP contribution is 2.38. The van der Waals surface area contributed by atoms with Crippen LogP contribution in [0.2, 0.25) is 0 Å². The molecule has 0 saturated carbocycles. The fourth-order valence-electron chi connectivity index (χ4n) is 4.61. The lowest BCUT2D eigenvalue weighted by molar-refractivity contribution is -0.143. The number of hydrogen-bond acceptors (Lipinski definition) is 3. The number of benzene rings is 3. The molecule has 3 aromatic carbocycles. The van der Waals surface area contributed by atoms with Gasteiger partial charge in [-0.1, -0.05) is 66.7 Å². The summed E-state index contributed by atoms with van der Waals surface area (Å²) in [6, 6.07) is 23.0. The van der Waals surface area contributed by atoms with Crippen molar-refractivity contribution in [1.29, 1.82) is 0 Å². The first-order valence-corrected chi connectivity index (χ1v) is 11.8. The van der Waals surface area contributed by atoms with Gasteiger partial charge in [-0.3, -0.25) is 9.59 Å². The van der Waals surface area contributed by atoms with Gasteiger partial charge < -0.3 is 10.1 Å². The maximum Gasteiger partial charge on any atom is 0.306 e. The molecule has 1 aliphatic rings. The summed E-state index contributed by atoms with van der Waals surface area (Å²) in [5, 5.41) is 3.16. The number of hydrogen-bond donors (Lipinski definition) is 1. The van der Waals surface area contributed by atoms with Crippen LogP contribution in [0.4, 0.5) is 0 Å². The van der Waals surface area contributed by atoms with Gasteiger partial charge in [0.2, 0.25) is 5.91 Å². The van der Waals surface area contributed by atoms with Crippen molar-refractivity contribution >= 4 is 11.9 Å². The molecule has 1 atom stereocenters. The third-order valence-electron chi connectivity index (χ3n) is 6.19. The minimum Gasteiger partial charge on any atom is -0.466 e. The van der Waals surface area contributed by atoms with Gasteiger partial charge in [-0.15, -0.1) is 0 Å². The van der Waals surface area contributed by atoms with Gasteiger partial charge >= 0.3 is 5.97 Å². The number of amides is 1. The molecule has 33 heavy (non-hydrogen) atoms. The summed E-state index contributed by atoms with van der Waals surface area (Å²) in [5.74, 6) is -0.108. The van der Waals surface area contributed by atoms with E-state index in [2.05, 4.69) is 59.9 Å². The van der Waals surface area contributed by atoms with Crippen LogP contribution >= 0.6 is 0 Å². The molecular formula is C29H31NO3. The second kappa shape index (κ2) is 10.5. The monoisotopic (exact) mass is 441 g/mol. The number of rotatable bonds is 9. The SMILES string of the molecule is CCOC(=O)CCc1ccc(CC(C)NC(=O)Cc2cccc3c2Cc2ccccc2-3)cc1. The Bertz CT molecular complexity index is 1130. The van der Waals surface area contributed by atoms with E-state index < -0.39 is 0 Å². The molecule has 1 unspecified atom stereocenters. The van der Waals surface area contributed by atoms with Crippen molar-refractivity contribution in [1.82, 2.24) is 5.32 Å². The predicted octanol–water partition coefficient (Wildman–Crippen LogP) is 5.04. The van der Waals surface area contributed by atoms with Crippen LogP contribution < -0.4 is 5.32 Å². The Kier molecular flexibility index (Phi) is 7.23. The predicted molar refractivity (Wildman–Crippen MR) is 131 cm³/mol. The molecular weight excluding hydrogens is 410 g/mol. The molecule has 4 heteroatoms. The number of fused-ring (bicyclic) bond motifs is 3. The normalized spacial score (nSPS) is 12.5. The van der Waals surface area contributed by atoms with E-state index in [0.29, 0.717) is 25.9 Å². The maximum atomic E-state index is 12.8. The van der Waals surface area contributed by atoms with Gasteiger partial charge in [-0.2, -0.15) is 0 Å². The Hall–Kier alpha value is -3.40. The Labute approximate surface area is 196 Å². The minimum absolute atomic E-state index is 0.0387. The van der Waals surface area contributed by atoms with E-state index in [1.165, 1.54) is 27.8 Å². The van der Waals surface area contributed by atoms with E-state index in [1.807, 2.05) is 26.0 Å². The van der Waals surface area contributed by atoms with Crippen LogP contribution in [0.25, 0.3) is 11.1 Å². The number of carbonyl (C=O) groups excluding carboxylic acids is 2. The summed E-state index contributed by atoms with van der Waals surface area (Å²) in [5.41, 5.74) is 8.54. The number of carbonyl (C=O) groups is 2. The number of aryl methyl sites for hydroxylation is 1. The summed E-state index contributed by atoms with van der Waals surface area (Å²) in [6.45, 7) is 4.28. The van der Waals surface area contributed by atoms with Crippen molar-refractivity contribution in [2.45, 2.75) is 52.0 Å². The molecule has 1 amide bonds. The van der Waals surface area contributed by atoms with Gasteiger partial charge in [0.25, 0.3) is 0 Å². The molecule has 0 bridgehead atoms. The first-order chi connectivity index (χ1) is 16.0. The Morgan fingerprint density at radius 1 is 0.939 bits per heavy atom. The van der Waals surface area contributed by atoms with E-state index in [9.17, 15) is 9.59 Å². The first-order valence-electron chi connectivity index (χ1n) is 11.8. The summed E-state index contributed by atoms with van der Waals surface area (Å²) < 4.78 is 4.98. The molecule has 3 aromatic rings. The van der Waals surface area contributed by atoms with E-state index in [-0.39, 0.29) is 17.9 Å². The van der Waals surface area contributed by atoms with Crippen LogP contribution in [0.1, 0.15) is 48.1 Å². The lowest BCUT2D eigenvalue weighted by Gasteiger charge is -2.15. The van der Waals surface area contributed by atoms with Crippen molar-refractivity contribution in [3.63, 3.8) is 0 Å². The zero-order chi connectivity index (χ0) is 23.2. The molecule has 0 radical (unpaired) electrons. The Morgan fingerprint density at radius 2 is 1.67 bits per heavy atom. The largest absolute Gasteiger partial charge is 0.466 e. The summed E-state index contributed by atoms with van der Waals surface area (Å²) in [6.07, 6.45) is 3.13. The molecule has 1 aliphatic carbocycles. The van der Waals surface area contributed by atoms with Crippen molar-refractivity contribution in [2.75, 3.05) is 6.61 Å². The van der Waals surface area contributed by atoms with Crippen LogP contribution in [0.3, 0.4) is 0 Å². The number of nitrogens with one attached hydrogen (secondary N) is 1. The number of esters is 1. The van der Waals surface area contributed by atoms with Gasteiger partial charge in [-0.05, 0) is 72.1 Å². The van der Waals surface area contributed by atoms with Crippen molar-refractivity contribution in [3.8, 4) is 11.1 Å². The first kappa shape index (κ1) is 22.8. The summed E-state index contributed by atoms with van der Waals surface area (Å²) in [4.78, 5) is 24.3. The van der Waals surface area contributed by atoms with Gasteiger partial charge in [0.05, 0.1) is 13.0 Å². The average molecular weight is 442 g/mol. The maximum absolute atomic E-state index is 12.8. The van der Waals surface area contributed by atoms with Crippen LogP contribution in [-0.4, -0.2) is 24.5 Å². The molecule has 4 rings (SSSR count). The molecule has 4 nitrogen and oxygen atoms in total. The standard InChI is InChI=1S/C29H31NO3/c1-3-33-29(32)16-15-21-11-13-22(14-12-21)17-20(2)30-28(31)19-24-8-6-10-26-25-9-5-4-7-23(25)18-27(24)26/h4-14,20H,3,15-19H2,1-2H3,(H,30,31). The van der Waals surface area contributed by atoms with E-state index in [1.54, 1.807) is 0 Å². The Morgan fingerprint density at radius 3 is 2.45 bits per heavy atom. The van der Waals surface area contributed by atoms with Crippen LogP contribution in [-0.2, 0) is 40.0 Å². The second-order valence-electron chi connectivity index (χ2n) is 8.75. The van der Waals surface area contributed by atoms with Crippen LogP contribution in [0.15, 0.2) is 66.7 Å². The molecule has 0 fully saturated rings. The molecule has 0 aliphatic heterocycles. The molecule has 0 aromatic heterocycles. The Balaban J connectivity index is 1.30. The lowest BCUT2D eigenvalue weighted by Crippen LogP contribution is -2.35. The summed E-state index contributed by atoms with van der Waals surface area (Å²) in [7, 11) is 0. The third-order valence-corrected chi connectivity index (χ3v) is 6.19. The highest BCUT2D eigenvalue weighted by atomic mass is 16.5. The van der Waals surface area contributed by atoms with Crippen molar-refractivity contribution < 1.29 is 14.3 Å². The average Bonchev–Trinajstić information content (AvgIpc) is 3.18. The van der Waals surface area contributed by atoms with E-state index in [4.69, 9.17) is 4.74 Å². The molecule has 0 saturated heterocycles. The zero-order valence-electron chi connectivity index (χ0n) is 19.4. The minimum atomic E-state index is -0.161. The third kappa shape index (κ3) is 5.70. The molecule has 1 N–H and O–H groups in total. The van der Waals surface area contributed by atoms with Crippen molar-refractivity contribution in [3.05, 3.63) is 94.5 Å². The van der Waals surface area contributed by atoms with Crippen LogP contribution in [0, 0.1) is 0 Å². The van der Waals surface area contributed by atoms with Crippen molar-refractivity contribution in [2.24, 2.45) is 0 Å². The quantitative estimate of drug-likeness (QED) is 0.370. The molecule has 170 valence electrons. The highest BCUT2D eigenvalue weighted by Gasteiger charge is 2.21. The second-order valence-corrected chi connectivity index (χ2v) is 8.75. The highest BCUT2D eigenvalue weighted by molar-refractivity contribution is 5.83. The van der Waals surface area contributed by atoms with Crippen LogP contribution in [0.5, 0.6) is 0 Å². The van der Waals surface area contributed by atoms with Gasteiger partial charge in [0.15, 0.2) is 0 Å². The zero-order valence-corrected chi connectivity index (χ0v) is 19.4. The number of ether oxygens (including phenoxy) is 1. The smallest absolute Gasteiger partial charge is 0.306 e. The molecule has 0 spiro atoms. The topological polar surface area (TPSA) is 55.4 Å². The fraction of sp³-hybridized carbons (Fsp3) is 0.310. The lowest BCUT2D eigenvalue weighted by atomic mass is 9.98. The van der Waals surface area contributed by atoms with E-state index in [0.717, 1.165) is 24.0 Å². The van der Waals surface area contributed by atoms with Gasteiger partial charge in [-0.25, -0.2) is 0 Å². The summed E-state index contributed by atoms with van der Waals surface area (Å²) >= 11 is 0. The van der Waals surface area contributed by atoms with Gasteiger partial charge in [0, 0.05) is 12.5 Å². The fourth-order valence-corrected chi connectivity index (χ4v) is 4.61. The van der Waals surface area contributed by atoms with Gasteiger partial charge in [0.1, 0.15) is 0 Å². The van der Waals surface area contributed by atoms with E-state index >= 15 is 0 Å². The molecule has 0 heterocycles.